The van der Waals surface area contributed by atoms with Crippen LogP contribution >= 0.6 is 0 Å². The monoisotopic (exact) mass is 533 g/mol. The number of benzene rings is 3. The van der Waals surface area contributed by atoms with Gasteiger partial charge in [0.1, 0.15) is 6.04 Å². The molecule has 7 nitrogen and oxygen atoms in total. The Labute approximate surface area is 224 Å². The Morgan fingerprint density at radius 1 is 1.00 bits per heavy atom. The third kappa shape index (κ3) is 5.27. The molecule has 2 aliphatic rings. The molecule has 38 heavy (non-hydrogen) atoms. The summed E-state index contributed by atoms with van der Waals surface area (Å²) in [7, 11) is -3.66. The topological polar surface area (TPSA) is 86.8 Å². The Balaban J connectivity index is 1.27. The van der Waals surface area contributed by atoms with Gasteiger partial charge in [0.2, 0.25) is 11.8 Å². The molecule has 0 bridgehead atoms. The quantitative estimate of drug-likeness (QED) is 0.411. The minimum absolute atomic E-state index is 0.123. The fourth-order valence-electron chi connectivity index (χ4n) is 5.68. The first kappa shape index (κ1) is 26.2. The summed E-state index contributed by atoms with van der Waals surface area (Å²) in [6, 6.07) is 20.4. The van der Waals surface area contributed by atoms with Crippen LogP contribution < -0.4 is 9.62 Å². The average Bonchev–Trinajstić information content (AvgIpc) is 3.51. The number of sulfonamides is 1. The maximum atomic E-state index is 13.5. The SMILES string of the molecule is C[C@H](C(=O)NC1CCCC1)N(CCc1ccccc1)C(=O)CCCN1c2cccc3cccc(c23)S1(=O)=O. The van der Waals surface area contributed by atoms with Gasteiger partial charge in [-0.1, -0.05) is 67.4 Å². The number of nitrogens with one attached hydrogen (secondary N) is 1. The second-order valence-electron chi connectivity index (χ2n) is 10.3. The molecule has 0 aromatic heterocycles. The van der Waals surface area contributed by atoms with Crippen LogP contribution in [0.2, 0.25) is 0 Å². The van der Waals surface area contributed by atoms with E-state index in [1.807, 2.05) is 54.6 Å². The van der Waals surface area contributed by atoms with E-state index >= 15 is 0 Å². The van der Waals surface area contributed by atoms with E-state index in [0.29, 0.717) is 30.0 Å². The predicted octanol–water partition coefficient (Wildman–Crippen LogP) is 4.65. The fourth-order valence-corrected chi connectivity index (χ4v) is 7.43. The number of rotatable bonds is 10. The molecule has 3 aromatic carbocycles. The molecule has 0 unspecified atom stereocenters. The molecule has 0 saturated heterocycles. The number of carbonyl (C=O) groups excluding carboxylic acids is 2. The van der Waals surface area contributed by atoms with Crippen molar-refractivity contribution in [1.82, 2.24) is 10.2 Å². The minimum Gasteiger partial charge on any atom is -0.352 e. The lowest BCUT2D eigenvalue weighted by Gasteiger charge is -2.30. The molecule has 2 amide bonds. The Morgan fingerprint density at radius 3 is 2.45 bits per heavy atom. The zero-order valence-electron chi connectivity index (χ0n) is 21.8. The molecule has 0 radical (unpaired) electrons. The van der Waals surface area contributed by atoms with E-state index in [-0.39, 0.29) is 30.8 Å². The molecule has 1 aliphatic heterocycles. The molecule has 8 heteroatoms. The van der Waals surface area contributed by atoms with Crippen molar-refractivity contribution in [1.29, 1.82) is 0 Å². The molecule has 200 valence electrons. The molecule has 1 heterocycles. The van der Waals surface area contributed by atoms with Gasteiger partial charge in [0.05, 0.1) is 10.6 Å². The van der Waals surface area contributed by atoms with Crippen molar-refractivity contribution in [2.24, 2.45) is 0 Å². The standard InChI is InChI=1S/C30H35N3O4S/c1-22(30(35)31-25-14-5-6-15-25)32(21-19-23-10-3-2-4-11-23)28(34)18-9-20-33-26-16-7-12-24-13-8-17-27(29(24)26)38(33,36)37/h2-4,7-8,10-13,16-17,22,25H,5-6,9,14-15,18-21H2,1H3,(H,31,35)/t22-/m1/s1. The molecular weight excluding hydrogens is 498 g/mol. The lowest BCUT2D eigenvalue weighted by molar-refractivity contribution is -0.140. The van der Waals surface area contributed by atoms with E-state index in [1.165, 1.54) is 4.31 Å². The van der Waals surface area contributed by atoms with Crippen LogP contribution in [0.15, 0.2) is 71.6 Å². The number of amides is 2. The lowest BCUT2D eigenvalue weighted by atomic mass is 10.1. The summed E-state index contributed by atoms with van der Waals surface area (Å²) in [4.78, 5) is 28.5. The third-order valence-corrected chi connectivity index (χ3v) is 9.64. The second-order valence-corrected chi connectivity index (χ2v) is 12.1. The van der Waals surface area contributed by atoms with Crippen LogP contribution in [-0.4, -0.2) is 50.3 Å². The Morgan fingerprint density at radius 2 is 1.71 bits per heavy atom. The van der Waals surface area contributed by atoms with Crippen LogP contribution in [0.4, 0.5) is 5.69 Å². The van der Waals surface area contributed by atoms with Crippen molar-refractivity contribution in [3.05, 3.63) is 72.3 Å². The minimum atomic E-state index is -3.66. The van der Waals surface area contributed by atoms with Crippen molar-refractivity contribution in [2.45, 2.75) is 68.8 Å². The van der Waals surface area contributed by atoms with E-state index in [9.17, 15) is 18.0 Å². The second kappa shape index (κ2) is 11.2. The van der Waals surface area contributed by atoms with Gasteiger partial charge in [0.25, 0.3) is 10.0 Å². The average molecular weight is 534 g/mol. The number of carbonyl (C=O) groups is 2. The molecular formula is C30H35N3O4S. The molecule has 1 fully saturated rings. The van der Waals surface area contributed by atoms with Crippen LogP contribution in [0.3, 0.4) is 0 Å². The molecule has 1 saturated carbocycles. The van der Waals surface area contributed by atoms with Gasteiger partial charge in [-0.15, -0.1) is 0 Å². The number of anilines is 1. The van der Waals surface area contributed by atoms with Crippen molar-refractivity contribution < 1.29 is 18.0 Å². The van der Waals surface area contributed by atoms with Gasteiger partial charge in [0, 0.05) is 30.9 Å². The van der Waals surface area contributed by atoms with Crippen LogP contribution in [0.1, 0.15) is 51.0 Å². The van der Waals surface area contributed by atoms with Crippen molar-refractivity contribution >= 4 is 38.3 Å². The summed E-state index contributed by atoms with van der Waals surface area (Å²) in [5, 5.41) is 4.75. The Hall–Kier alpha value is -3.39. The summed E-state index contributed by atoms with van der Waals surface area (Å²) in [5.41, 5.74) is 1.76. The van der Waals surface area contributed by atoms with Crippen LogP contribution in [0.25, 0.3) is 10.8 Å². The van der Waals surface area contributed by atoms with E-state index in [0.717, 1.165) is 42.0 Å². The Bertz CT molecular complexity index is 1410. The first-order valence-corrected chi connectivity index (χ1v) is 15.0. The fraction of sp³-hybridized carbons (Fsp3) is 0.400. The highest BCUT2D eigenvalue weighted by molar-refractivity contribution is 7.93. The first-order chi connectivity index (χ1) is 18.4. The van der Waals surface area contributed by atoms with Crippen LogP contribution in [0.5, 0.6) is 0 Å². The molecule has 1 aliphatic carbocycles. The van der Waals surface area contributed by atoms with Gasteiger partial charge in [-0.3, -0.25) is 13.9 Å². The maximum absolute atomic E-state index is 13.5. The number of hydrogen-bond acceptors (Lipinski definition) is 4. The predicted molar refractivity (Wildman–Crippen MR) is 149 cm³/mol. The molecule has 3 aromatic rings. The smallest absolute Gasteiger partial charge is 0.265 e. The summed E-state index contributed by atoms with van der Waals surface area (Å²) in [6.45, 7) is 2.42. The zero-order chi connectivity index (χ0) is 26.7. The normalized spacial score (nSPS) is 17.0. The van der Waals surface area contributed by atoms with Crippen LogP contribution in [0, 0.1) is 0 Å². The molecule has 1 N–H and O–H groups in total. The first-order valence-electron chi connectivity index (χ1n) is 13.5. The van der Waals surface area contributed by atoms with Gasteiger partial charge >= 0.3 is 0 Å². The van der Waals surface area contributed by atoms with Crippen molar-refractivity contribution in [3.8, 4) is 0 Å². The Kier molecular flexibility index (Phi) is 7.70. The number of nitrogens with zero attached hydrogens (tertiary/aromatic N) is 2. The van der Waals surface area contributed by atoms with E-state index in [1.54, 1.807) is 24.0 Å². The largest absolute Gasteiger partial charge is 0.352 e. The summed E-state index contributed by atoms with van der Waals surface area (Å²) in [5.74, 6) is -0.259. The van der Waals surface area contributed by atoms with Gasteiger partial charge in [-0.2, -0.15) is 0 Å². The summed E-state index contributed by atoms with van der Waals surface area (Å²) in [6.07, 6.45) is 5.37. The summed E-state index contributed by atoms with van der Waals surface area (Å²) < 4.78 is 28.0. The third-order valence-electron chi connectivity index (χ3n) is 7.79. The van der Waals surface area contributed by atoms with E-state index in [2.05, 4.69) is 5.32 Å². The van der Waals surface area contributed by atoms with Crippen molar-refractivity contribution in [2.75, 3.05) is 17.4 Å². The van der Waals surface area contributed by atoms with E-state index in [4.69, 9.17) is 0 Å². The van der Waals surface area contributed by atoms with Crippen LogP contribution in [-0.2, 0) is 26.0 Å². The van der Waals surface area contributed by atoms with Gasteiger partial charge in [0.15, 0.2) is 0 Å². The zero-order valence-corrected chi connectivity index (χ0v) is 22.6. The number of hydrogen-bond donors (Lipinski definition) is 1. The van der Waals surface area contributed by atoms with Gasteiger partial charge < -0.3 is 10.2 Å². The highest BCUT2D eigenvalue weighted by Crippen LogP contribution is 2.42. The maximum Gasteiger partial charge on any atom is 0.265 e. The van der Waals surface area contributed by atoms with Crippen molar-refractivity contribution in [3.63, 3.8) is 0 Å². The van der Waals surface area contributed by atoms with E-state index < -0.39 is 16.1 Å². The molecule has 5 rings (SSSR count). The highest BCUT2D eigenvalue weighted by Gasteiger charge is 2.35. The highest BCUT2D eigenvalue weighted by atomic mass is 32.2. The molecule has 0 spiro atoms. The van der Waals surface area contributed by atoms with Gasteiger partial charge in [-0.25, -0.2) is 8.42 Å². The summed E-state index contributed by atoms with van der Waals surface area (Å²) >= 11 is 0. The lowest BCUT2D eigenvalue weighted by Crippen LogP contribution is -2.50. The molecule has 1 atom stereocenters. The van der Waals surface area contributed by atoms with Gasteiger partial charge in [-0.05, 0) is 55.7 Å².